The SMILES string of the molecule is C=C(C(=O)OCC)N1CCOCC1. The highest BCUT2D eigenvalue weighted by Crippen LogP contribution is 2.06. The molecule has 0 unspecified atom stereocenters. The maximum absolute atomic E-state index is 11.2. The van der Waals surface area contributed by atoms with Crippen molar-refractivity contribution in [1.82, 2.24) is 4.90 Å². The zero-order valence-electron chi connectivity index (χ0n) is 7.91. The summed E-state index contributed by atoms with van der Waals surface area (Å²) >= 11 is 0. The molecule has 0 N–H and O–H groups in total. The van der Waals surface area contributed by atoms with Crippen molar-refractivity contribution in [3.8, 4) is 0 Å². The van der Waals surface area contributed by atoms with Crippen LogP contribution in [0.25, 0.3) is 0 Å². The molecule has 0 atom stereocenters. The molecule has 1 fully saturated rings. The lowest BCUT2D eigenvalue weighted by atomic mass is 10.3. The highest BCUT2D eigenvalue weighted by atomic mass is 16.5. The number of esters is 1. The van der Waals surface area contributed by atoms with E-state index >= 15 is 0 Å². The predicted octanol–water partition coefficient (Wildman–Crippen LogP) is 0.395. The van der Waals surface area contributed by atoms with Gasteiger partial charge < -0.3 is 14.4 Å². The third-order valence-corrected chi connectivity index (χ3v) is 1.90. The minimum Gasteiger partial charge on any atom is -0.461 e. The van der Waals surface area contributed by atoms with Crippen LogP contribution in [0.3, 0.4) is 0 Å². The van der Waals surface area contributed by atoms with Crippen LogP contribution in [-0.2, 0) is 14.3 Å². The van der Waals surface area contributed by atoms with Gasteiger partial charge in [-0.25, -0.2) is 4.79 Å². The van der Waals surface area contributed by atoms with E-state index in [0.29, 0.717) is 25.5 Å². The summed E-state index contributed by atoms with van der Waals surface area (Å²) in [5, 5.41) is 0. The number of morpholine rings is 1. The van der Waals surface area contributed by atoms with Gasteiger partial charge in [0.05, 0.1) is 19.8 Å². The van der Waals surface area contributed by atoms with Crippen LogP contribution < -0.4 is 0 Å². The van der Waals surface area contributed by atoms with Crippen LogP contribution in [0.2, 0.25) is 0 Å². The molecule has 1 aliphatic heterocycles. The number of nitrogens with zero attached hydrogens (tertiary/aromatic N) is 1. The number of rotatable bonds is 3. The average Bonchev–Trinajstić information content (AvgIpc) is 2.18. The van der Waals surface area contributed by atoms with E-state index in [9.17, 15) is 4.79 Å². The number of hydrogen-bond acceptors (Lipinski definition) is 4. The number of carbonyl (C=O) groups excluding carboxylic acids is 1. The summed E-state index contributed by atoms with van der Waals surface area (Å²) in [7, 11) is 0. The van der Waals surface area contributed by atoms with Crippen LogP contribution >= 0.6 is 0 Å². The summed E-state index contributed by atoms with van der Waals surface area (Å²) in [5.41, 5.74) is 0.435. The summed E-state index contributed by atoms with van der Waals surface area (Å²) < 4.78 is 9.99. The van der Waals surface area contributed by atoms with E-state index in [2.05, 4.69) is 6.58 Å². The van der Waals surface area contributed by atoms with E-state index in [1.807, 2.05) is 4.90 Å². The fourth-order valence-corrected chi connectivity index (χ4v) is 1.18. The van der Waals surface area contributed by atoms with Crippen molar-refractivity contribution >= 4 is 5.97 Å². The molecule has 0 saturated carbocycles. The minimum atomic E-state index is -0.329. The van der Waals surface area contributed by atoms with Gasteiger partial charge in [-0.1, -0.05) is 6.58 Å². The number of carbonyl (C=O) groups is 1. The molecule has 0 aromatic rings. The Morgan fingerprint density at radius 2 is 2.15 bits per heavy atom. The van der Waals surface area contributed by atoms with Crippen molar-refractivity contribution in [2.45, 2.75) is 6.92 Å². The third kappa shape index (κ3) is 2.73. The van der Waals surface area contributed by atoms with Gasteiger partial charge in [0, 0.05) is 13.1 Å². The first-order valence-corrected chi connectivity index (χ1v) is 4.44. The van der Waals surface area contributed by atoms with E-state index in [4.69, 9.17) is 9.47 Å². The molecule has 0 radical (unpaired) electrons. The third-order valence-electron chi connectivity index (χ3n) is 1.90. The van der Waals surface area contributed by atoms with Gasteiger partial charge in [0.15, 0.2) is 0 Å². The van der Waals surface area contributed by atoms with Crippen molar-refractivity contribution in [3.05, 3.63) is 12.3 Å². The maximum Gasteiger partial charge on any atom is 0.353 e. The summed E-state index contributed by atoms with van der Waals surface area (Å²) in [5.74, 6) is -0.329. The highest BCUT2D eigenvalue weighted by Gasteiger charge is 2.18. The second-order valence-corrected chi connectivity index (χ2v) is 2.77. The first-order chi connectivity index (χ1) is 6.25. The molecule has 1 heterocycles. The van der Waals surface area contributed by atoms with Gasteiger partial charge >= 0.3 is 5.97 Å². The lowest BCUT2D eigenvalue weighted by molar-refractivity contribution is -0.140. The lowest BCUT2D eigenvalue weighted by Crippen LogP contribution is -2.38. The van der Waals surface area contributed by atoms with E-state index < -0.39 is 0 Å². The quantitative estimate of drug-likeness (QED) is 0.471. The topological polar surface area (TPSA) is 38.8 Å². The standard InChI is InChI=1S/C9H15NO3/c1-3-13-9(11)8(2)10-4-6-12-7-5-10/h2-7H2,1H3. The summed E-state index contributed by atoms with van der Waals surface area (Å²) in [4.78, 5) is 13.1. The van der Waals surface area contributed by atoms with E-state index in [-0.39, 0.29) is 5.97 Å². The van der Waals surface area contributed by atoms with Crippen molar-refractivity contribution < 1.29 is 14.3 Å². The molecular weight excluding hydrogens is 170 g/mol. The molecule has 0 bridgehead atoms. The normalized spacial score (nSPS) is 16.8. The van der Waals surface area contributed by atoms with Crippen LogP contribution in [-0.4, -0.2) is 43.8 Å². The van der Waals surface area contributed by atoms with Crippen LogP contribution in [0.15, 0.2) is 12.3 Å². The summed E-state index contributed by atoms with van der Waals surface area (Å²) in [6.07, 6.45) is 0. The Balaban J connectivity index is 2.40. The summed E-state index contributed by atoms with van der Waals surface area (Å²) in [6.45, 7) is 8.61. The molecular formula is C9H15NO3. The molecule has 1 rings (SSSR count). The Morgan fingerprint density at radius 1 is 1.54 bits per heavy atom. The first-order valence-electron chi connectivity index (χ1n) is 4.44. The fraction of sp³-hybridized carbons (Fsp3) is 0.667. The van der Waals surface area contributed by atoms with Crippen molar-refractivity contribution in [3.63, 3.8) is 0 Å². The van der Waals surface area contributed by atoms with Crippen molar-refractivity contribution in [2.24, 2.45) is 0 Å². The smallest absolute Gasteiger partial charge is 0.353 e. The van der Waals surface area contributed by atoms with E-state index in [0.717, 1.165) is 13.1 Å². The second kappa shape index (κ2) is 4.87. The molecule has 0 amide bonds. The Kier molecular flexibility index (Phi) is 3.76. The van der Waals surface area contributed by atoms with Crippen LogP contribution in [0.5, 0.6) is 0 Å². The number of ether oxygens (including phenoxy) is 2. The molecule has 0 aromatic heterocycles. The second-order valence-electron chi connectivity index (χ2n) is 2.77. The van der Waals surface area contributed by atoms with Gasteiger partial charge in [-0.2, -0.15) is 0 Å². The fourth-order valence-electron chi connectivity index (χ4n) is 1.18. The predicted molar refractivity (Wildman–Crippen MR) is 48.2 cm³/mol. The minimum absolute atomic E-state index is 0.329. The Labute approximate surface area is 78.1 Å². The molecule has 1 aliphatic rings. The van der Waals surface area contributed by atoms with Gasteiger partial charge in [0.25, 0.3) is 0 Å². The molecule has 0 aromatic carbocycles. The van der Waals surface area contributed by atoms with Gasteiger partial charge in [-0.3, -0.25) is 0 Å². The summed E-state index contributed by atoms with van der Waals surface area (Å²) in [6, 6.07) is 0. The van der Waals surface area contributed by atoms with E-state index in [1.54, 1.807) is 6.92 Å². The molecule has 0 spiro atoms. The van der Waals surface area contributed by atoms with Gasteiger partial charge in [-0.15, -0.1) is 0 Å². The number of hydrogen-bond donors (Lipinski definition) is 0. The Morgan fingerprint density at radius 3 is 2.69 bits per heavy atom. The molecule has 74 valence electrons. The van der Waals surface area contributed by atoms with Crippen LogP contribution in [0, 0.1) is 0 Å². The van der Waals surface area contributed by atoms with Crippen molar-refractivity contribution in [1.29, 1.82) is 0 Å². The van der Waals surface area contributed by atoms with Gasteiger partial charge in [0.2, 0.25) is 0 Å². The highest BCUT2D eigenvalue weighted by molar-refractivity contribution is 5.87. The molecule has 0 aliphatic carbocycles. The van der Waals surface area contributed by atoms with E-state index in [1.165, 1.54) is 0 Å². The molecule has 1 saturated heterocycles. The molecule has 4 heteroatoms. The van der Waals surface area contributed by atoms with Crippen LogP contribution in [0.1, 0.15) is 6.92 Å². The zero-order valence-corrected chi connectivity index (χ0v) is 7.91. The van der Waals surface area contributed by atoms with Crippen LogP contribution in [0.4, 0.5) is 0 Å². The van der Waals surface area contributed by atoms with Crippen molar-refractivity contribution in [2.75, 3.05) is 32.9 Å². The molecule has 13 heavy (non-hydrogen) atoms. The largest absolute Gasteiger partial charge is 0.461 e. The maximum atomic E-state index is 11.2. The van der Waals surface area contributed by atoms with Gasteiger partial charge in [-0.05, 0) is 6.92 Å². The zero-order chi connectivity index (χ0) is 9.68. The lowest BCUT2D eigenvalue weighted by Gasteiger charge is -2.28. The first kappa shape index (κ1) is 10.1. The average molecular weight is 185 g/mol. The Bertz CT molecular complexity index is 197. The monoisotopic (exact) mass is 185 g/mol. The molecule has 4 nitrogen and oxygen atoms in total. The Hall–Kier alpha value is -1.03. The van der Waals surface area contributed by atoms with Gasteiger partial charge in [0.1, 0.15) is 5.70 Å².